The van der Waals surface area contributed by atoms with Gasteiger partial charge in [0.15, 0.2) is 5.76 Å². The van der Waals surface area contributed by atoms with E-state index in [1.54, 1.807) is 25.7 Å². The Labute approximate surface area is 145 Å². The van der Waals surface area contributed by atoms with Gasteiger partial charge in [-0.25, -0.2) is 4.98 Å². The van der Waals surface area contributed by atoms with Crippen LogP contribution < -0.4 is 4.74 Å². The minimum atomic E-state index is 0.594. The first-order valence-electron chi connectivity index (χ1n) is 7.94. The van der Waals surface area contributed by atoms with Crippen molar-refractivity contribution in [3.05, 3.63) is 79.3 Å². The highest BCUT2D eigenvalue weighted by Crippen LogP contribution is 2.28. The van der Waals surface area contributed by atoms with E-state index in [0.717, 1.165) is 33.8 Å². The summed E-state index contributed by atoms with van der Waals surface area (Å²) < 4.78 is 11.1. The van der Waals surface area contributed by atoms with Crippen molar-refractivity contribution < 1.29 is 9.15 Å². The van der Waals surface area contributed by atoms with Crippen LogP contribution in [0.15, 0.2) is 83.7 Å². The fraction of sp³-hybridized carbons (Fsp3) is 0.0476. The van der Waals surface area contributed by atoms with E-state index in [4.69, 9.17) is 9.15 Å². The molecule has 4 nitrogen and oxygen atoms in total. The summed E-state index contributed by atoms with van der Waals surface area (Å²) in [6, 6.07) is 20.0. The molecule has 0 spiro atoms. The molecule has 0 atom stereocenters. The first-order chi connectivity index (χ1) is 12.3. The molecule has 0 fully saturated rings. The molecule has 25 heavy (non-hydrogen) atoms. The molecule has 0 unspecified atom stereocenters. The number of hydrogen-bond donors (Lipinski definition) is 0. The summed E-state index contributed by atoms with van der Waals surface area (Å²) in [6.07, 6.45) is 5.20. The topological polar surface area (TPSA) is 48.2 Å². The first kappa shape index (κ1) is 15.1. The maximum absolute atomic E-state index is 5.88. The second-order valence-electron chi connectivity index (χ2n) is 5.57. The van der Waals surface area contributed by atoms with Gasteiger partial charge in [0, 0.05) is 23.5 Å². The molecule has 122 valence electrons. The quantitative estimate of drug-likeness (QED) is 0.524. The fourth-order valence-corrected chi connectivity index (χ4v) is 2.65. The number of hydrogen-bond acceptors (Lipinski definition) is 4. The Morgan fingerprint density at radius 1 is 0.720 bits per heavy atom. The average Bonchev–Trinajstić information content (AvgIpc) is 3.19. The number of pyridine rings is 1. The second kappa shape index (κ2) is 6.61. The van der Waals surface area contributed by atoms with Crippen molar-refractivity contribution in [3.8, 4) is 39.7 Å². The van der Waals surface area contributed by atoms with E-state index in [-0.39, 0.29) is 0 Å². The Bertz CT molecular complexity index is 959. The molecule has 0 aliphatic rings. The van der Waals surface area contributed by atoms with Gasteiger partial charge in [0.2, 0.25) is 5.89 Å². The Balaban J connectivity index is 1.59. The Morgan fingerprint density at radius 2 is 1.32 bits per heavy atom. The predicted octanol–water partition coefficient (Wildman–Crippen LogP) is 5.08. The number of aromatic nitrogens is 2. The summed E-state index contributed by atoms with van der Waals surface area (Å²) in [5.41, 5.74) is 4.18. The van der Waals surface area contributed by atoms with Gasteiger partial charge < -0.3 is 9.15 Å². The molecule has 4 heteroatoms. The summed E-state index contributed by atoms with van der Waals surface area (Å²) in [6.45, 7) is 0. The lowest BCUT2D eigenvalue weighted by Crippen LogP contribution is -1.83. The highest BCUT2D eigenvalue weighted by Gasteiger charge is 2.08. The van der Waals surface area contributed by atoms with Crippen LogP contribution in [0.3, 0.4) is 0 Å². The zero-order valence-corrected chi connectivity index (χ0v) is 13.7. The van der Waals surface area contributed by atoms with Crippen LogP contribution in [-0.2, 0) is 0 Å². The van der Waals surface area contributed by atoms with Gasteiger partial charge in [-0.3, -0.25) is 4.98 Å². The summed E-state index contributed by atoms with van der Waals surface area (Å²) in [4.78, 5) is 8.36. The second-order valence-corrected chi connectivity index (χ2v) is 5.57. The van der Waals surface area contributed by atoms with Crippen molar-refractivity contribution in [2.45, 2.75) is 0 Å². The number of oxazole rings is 1. The van der Waals surface area contributed by atoms with Crippen molar-refractivity contribution in [1.82, 2.24) is 9.97 Å². The van der Waals surface area contributed by atoms with Crippen LogP contribution in [0.1, 0.15) is 0 Å². The van der Waals surface area contributed by atoms with Crippen molar-refractivity contribution >= 4 is 0 Å². The van der Waals surface area contributed by atoms with E-state index in [0.29, 0.717) is 5.89 Å². The smallest absolute Gasteiger partial charge is 0.226 e. The van der Waals surface area contributed by atoms with E-state index >= 15 is 0 Å². The van der Waals surface area contributed by atoms with Crippen LogP contribution >= 0.6 is 0 Å². The summed E-state index contributed by atoms with van der Waals surface area (Å²) in [7, 11) is 1.67. The van der Waals surface area contributed by atoms with Crippen LogP contribution in [0.5, 0.6) is 5.75 Å². The third-order valence-electron chi connectivity index (χ3n) is 4.03. The Kier molecular flexibility index (Phi) is 4.01. The van der Waals surface area contributed by atoms with Gasteiger partial charge in [0.1, 0.15) is 5.75 Å². The third-order valence-corrected chi connectivity index (χ3v) is 4.03. The van der Waals surface area contributed by atoms with Crippen molar-refractivity contribution in [1.29, 1.82) is 0 Å². The van der Waals surface area contributed by atoms with Crippen molar-refractivity contribution in [2.75, 3.05) is 7.11 Å². The van der Waals surface area contributed by atoms with Crippen LogP contribution in [0.4, 0.5) is 0 Å². The highest BCUT2D eigenvalue weighted by molar-refractivity contribution is 5.69. The predicted molar refractivity (Wildman–Crippen MR) is 97.2 cm³/mol. The van der Waals surface area contributed by atoms with Crippen LogP contribution in [0, 0.1) is 0 Å². The maximum Gasteiger partial charge on any atom is 0.226 e. The van der Waals surface area contributed by atoms with Crippen molar-refractivity contribution in [2.24, 2.45) is 0 Å². The molecular weight excluding hydrogens is 312 g/mol. The van der Waals surface area contributed by atoms with Gasteiger partial charge in [-0.1, -0.05) is 36.4 Å². The van der Waals surface area contributed by atoms with Crippen LogP contribution in [0.25, 0.3) is 33.9 Å². The molecule has 0 saturated carbocycles. The number of rotatable bonds is 4. The molecule has 0 saturated heterocycles. The molecule has 0 aliphatic carbocycles. The van der Waals surface area contributed by atoms with Crippen LogP contribution in [0.2, 0.25) is 0 Å². The lowest BCUT2D eigenvalue weighted by molar-refractivity contribution is 0.415. The standard InChI is InChI=1S/C21H16N2O2/c1-24-19-8-6-16(7-9-19)15-2-4-17(5-3-15)20-14-23-21(25-20)18-10-12-22-13-11-18/h2-14H,1H3. The SMILES string of the molecule is COc1ccc(-c2ccc(-c3cnc(-c4ccncc4)o3)cc2)cc1. The third kappa shape index (κ3) is 3.15. The molecule has 4 rings (SSSR count). The molecule has 2 aromatic carbocycles. The average molecular weight is 328 g/mol. The first-order valence-corrected chi connectivity index (χ1v) is 7.94. The number of methoxy groups -OCH3 is 1. The number of nitrogens with zero attached hydrogens (tertiary/aromatic N) is 2. The molecule has 0 radical (unpaired) electrons. The molecule has 0 aliphatic heterocycles. The molecule has 0 bridgehead atoms. The minimum absolute atomic E-state index is 0.594. The van der Waals surface area contributed by atoms with E-state index < -0.39 is 0 Å². The van der Waals surface area contributed by atoms with E-state index in [2.05, 4.69) is 22.1 Å². The van der Waals surface area contributed by atoms with Crippen LogP contribution in [-0.4, -0.2) is 17.1 Å². The maximum atomic E-state index is 5.88. The lowest BCUT2D eigenvalue weighted by atomic mass is 10.0. The number of benzene rings is 2. The summed E-state index contributed by atoms with van der Waals surface area (Å²) >= 11 is 0. The summed E-state index contributed by atoms with van der Waals surface area (Å²) in [5.74, 6) is 2.19. The molecule has 2 aromatic heterocycles. The van der Waals surface area contributed by atoms with Gasteiger partial charge in [0.05, 0.1) is 13.3 Å². The van der Waals surface area contributed by atoms with Crippen molar-refractivity contribution in [3.63, 3.8) is 0 Å². The molecule has 0 amide bonds. The fourth-order valence-electron chi connectivity index (χ4n) is 2.65. The van der Waals surface area contributed by atoms with Gasteiger partial charge in [-0.2, -0.15) is 0 Å². The number of ether oxygens (including phenoxy) is 1. The molecule has 4 aromatic rings. The highest BCUT2D eigenvalue weighted by atomic mass is 16.5. The van der Waals surface area contributed by atoms with E-state index in [9.17, 15) is 0 Å². The lowest BCUT2D eigenvalue weighted by Gasteiger charge is -2.04. The monoisotopic (exact) mass is 328 g/mol. The Morgan fingerprint density at radius 3 is 1.96 bits per heavy atom. The molecule has 0 N–H and O–H groups in total. The molecule has 2 heterocycles. The van der Waals surface area contributed by atoms with E-state index in [1.165, 1.54) is 0 Å². The molecular formula is C21H16N2O2. The minimum Gasteiger partial charge on any atom is -0.497 e. The van der Waals surface area contributed by atoms with Gasteiger partial charge >= 0.3 is 0 Å². The summed E-state index contributed by atoms with van der Waals surface area (Å²) in [5, 5.41) is 0. The Hall–Kier alpha value is -3.40. The van der Waals surface area contributed by atoms with Gasteiger partial charge in [0.25, 0.3) is 0 Å². The van der Waals surface area contributed by atoms with E-state index in [1.807, 2.05) is 48.5 Å². The normalized spacial score (nSPS) is 10.6. The van der Waals surface area contributed by atoms with Gasteiger partial charge in [-0.15, -0.1) is 0 Å². The zero-order chi connectivity index (χ0) is 17.1. The van der Waals surface area contributed by atoms with Gasteiger partial charge in [-0.05, 0) is 35.4 Å². The zero-order valence-electron chi connectivity index (χ0n) is 13.7. The largest absolute Gasteiger partial charge is 0.497 e.